The SMILES string of the molecule is Cc1cnc(C2CCN(C(=O)Nc3nc4ccc5scnc5c4s3)CC2)s1. The molecular formula is C18H17N5OS3. The van der Waals surface area contributed by atoms with E-state index in [1.165, 1.54) is 21.2 Å². The van der Waals surface area contributed by atoms with Crippen molar-refractivity contribution >= 4 is 65.6 Å². The van der Waals surface area contributed by atoms with Gasteiger partial charge in [-0.1, -0.05) is 11.3 Å². The van der Waals surface area contributed by atoms with E-state index in [2.05, 4.69) is 27.2 Å². The van der Waals surface area contributed by atoms with Crippen molar-refractivity contribution in [3.05, 3.63) is 33.7 Å². The second kappa shape index (κ2) is 6.81. The van der Waals surface area contributed by atoms with E-state index in [1.807, 2.05) is 28.7 Å². The number of aryl methyl sites for hydroxylation is 1. The molecule has 3 aromatic heterocycles. The lowest BCUT2D eigenvalue weighted by molar-refractivity contribution is 0.194. The highest BCUT2D eigenvalue weighted by Crippen LogP contribution is 2.34. The van der Waals surface area contributed by atoms with Gasteiger partial charge in [-0.15, -0.1) is 22.7 Å². The van der Waals surface area contributed by atoms with E-state index in [1.54, 1.807) is 22.7 Å². The molecule has 1 aromatic carbocycles. The molecule has 1 aliphatic rings. The second-order valence-corrected chi connectivity index (χ2v) is 9.78. The largest absolute Gasteiger partial charge is 0.324 e. The van der Waals surface area contributed by atoms with Crippen molar-refractivity contribution in [3.8, 4) is 0 Å². The Morgan fingerprint density at radius 2 is 2.07 bits per heavy atom. The fourth-order valence-corrected chi connectivity index (χ4v) is 6.07. The molecule has 0 radical (unpaired) electrons. The zero-order valence-electron chi connectivity index (χ0n) is 14.6. The number of thiazole rings is 3. The van der Waals surface area contributed by atoms with Gasteiger partial charge in [-0.25, -0.2) is 19.7 Å². The fraction of sp³-hybridized carbons (Fsp3) is 0.333. The van der Waals surface area contributed by atoms with Crippen LogP contribution in [-0.2, 0) is 0 Å². The summed E-state index contributed by atoms with van der Waals surface area (Å²) >= 11 is 4.87. The molecule has 1 N–H and O–H groups in total. The number of anilines is 1. The van der Waals surface area contributed by atoms with Gasteiger partial charge in [0.25, 0.3) is 0 Å². The topological polar surface area (TPSA) is 71.0 Å². The molecule has 0 saturated carbocycles. The summed E-state index contributed by atoms with van der Waals surface area (Å²) in [7, 11) is 0. The van der Waals surface area contributed by atoms with Gasteiger partial charge in [0.2, 0.25) is 0 Å². The Kier molecular flexibility index (Phi) is 4.30. The summed E-state index contributed by atoms with van der Waals surface area (Å²) in [6.07, 6.45) is 3.85. The van der Waals surface area contributed by atoms with Gasteiger partial charge in [0.15, 0.2) is 5.13 Å². The number of nitrogens with one attached hydrogen (secondary N) is 1. The van der Waals surface area contributed by atoms with Crippen molar-refractivity contribution < 1.29 is 4.79 Å². The van der Waals surface area contributed by atoms with Crippen molar-refractivity contribution in [1.29, 1.82) is 0 Å². The third kappa shape index (κ3) is 3.19. The first-order valence-corrected chi connectivity index (χ1v) is 11.3. The minimum Gasteiger partial charge on any atom is -0.324 e. The van der Waals surface area contributed by atoms with Crippen molar-refractivity contribution in [2.24, 2.45) is 0 Å². The van der Waals surface area contributed by atoms with E-state index < -0.39 is 0 Å². The summed E-state index contributed by atoms with van der Waals surface area (Å²) < 4.78 is 2.17. The molecule has 27 heavy (non-hydrogen) atoms. The van der Waals surface area contributed by atoms with Crippen LogP contribution in [0.2, 0.25) is 0 Å². The van der Waals surface area contributed by atoms with Crippen LogP contribution in [0, 0.1) is 6.92 Å². The number of benzene rings is 1. The molecule has 0 bridgehead atoms. The lowest BCUT2D eigenvalue weighted by Gasteiger charge is -2.30. The summed E-state index contributed by atoms with van der Waals surface area (Å²) in [4.78, 5) is 29.3. The standard InChI is InChI=1S/C18H17N5OS3/c1-10-8-19-16(26-10)11-4-6-23(7-5-11)18(24)22-17-21-12-2-3-13-14(15(12)27-17)20-9-25-13/h2-3,8-9,11H,4-7H2,1H3,(H,21,22,24). The fourth-order valence-electron chi connectivity index (χ4n) is 3.43. The molecule has 1 aliphatic heterocycles. The van der Waals surface area contributed by atoms with Gasteiger partial charge >= 0.3 is 6.03 Å². The minimum absolute atomic E-state index is 0.0719. The van der Waals surface area contributed by atoms with E-state index in [0.717, 1.165) is 46.4 Å². The van der Waals surface area contributed by atoms with E-state index in [9.17, 15) is 4.79 Å². The highest BCUT2D eigenvalue weighted by Gasteiger charge is 2.26. The molecule has 4 aromatic rings. The second-order valence-electron chi connectivity index (χ2n) is 6.63. The molecular weight excluding hydrogens is 398 g/mol. The number of rotatable bonds is 2. The third-order valence-corrected chi connectivity index (χ3v) is 7.70. The first-order valence-electron chi connectivity index (χ1n) is 8.78. The summed E-state index contributed by atoms with van der Waals surface area (Å²) in [5.41, 5.74) is 3.69. The van der Waals surface area contributed by atoms with Gasteiger partial charge in [0.1, 0.15) is 5.52 Å². The molecule has 4 heterocycles. The zero-order chi connectivity index (χ0) is 18.4. The Labute approximate surface area is 167 Å². The molecule has 1 fully saturated rings. The first-order chi connectivity index (χ1) is 13.2. The van der Waals surface area contributed by atoms with Crippen LogP contribution in [0.5, 0.6) is 0 Å². The summed E-state index contributed by atoms with van der Waals surface area (Å²) in [5, 5.41) is 4.81. The summed E-state index contributed by atoms with van der Waals surface area (Å²) in [6, 6.07) is 3.95. The quantitative estimate of drug-likeness (QED) is 0.495. The molecule has 138 valence electrons. The molecule has 0 spiro atoms. The maximum absolute atomic E-state index is 12.7. The van der Waals surface area contributed by atoms with Crippen LogP contribution in [0.3, 0.4) is 0 Å². The van der Waals surface area contributed by atoms with E-state index in [-0.39, 0.29) is 6.03 Å². The lowest BCUT2D eigenvalue weighted by Crippen LogP contribution is -2.40. The predicted molar refractivity (Wildman–Crippen MR) is 112 cm³/mol. The maximum Gasteiger partial charge on any atom is 0.323 e. The molecule has 0 atom stereocenters. The van der Waals surface area contributed by atoms with Crippen molar-refractivity contribution in [2.75, 3.05) is 18.4 Å². The van der Waals surface area contributed by atoms with Crippen molar-refractivity contribution in [3.63, 3.8) is 0 Å². The number of carbonyl (C=O) groups excluding carboxylic acids is 1. The highest BCUT2D eigenvalue weighted by molar-refractivity contribution is 7.24. The lowest BCUT2D eigenvalue weighted by atomic mass is 9.98. The molecule has 9 heteroatoms. The van der Waals surface area contributed by atoms with Crippen LogP contribution in [0.15, 0.2) is 23.8 Å². The Morgan fingerprint density at radius 3 is 2.85 bits per heavy atom. The van der Waals surface area contributed by atoms with Crippen LogP contribution in [-0.4, -0.2) is 39.0 Å². The molecule has 0 unspecified atom stereocenters. The van der Waals surface area contributed by atoms with Crippen LogP contribution >= 0.6 is 34.0 Å². The van der Waals surface area contributed by atoms with Crippen molar-refractivity contribution in [2.45, 2.75) is 25.7 Å². The number of amides is 2. The van der Waals surface area contributed by atoms with E-state index >= 15 is 0 Å². The third-order valence-electron chi connectivity index (χ3n) is 4.84. The molecule has 5 rings (SSSR count). The van der Waals surface area contributed by atoms with Gasteiger partial charge in [-0.3, -0.25) is 5.32 Å². The van der Waals surface area contributed by atoms with Crippen LogP contribution in [0.25, 0.3) is 20.4 Å². The number of carbonyl (C=O) groups is 1. The number of likely N-dealkylation sites (tertiary alicyclic amines) is 1. The Balaban J connectivity index is 1.27. The molecule has 1 saturated heterocycles. The Morgan fingerprint density at radius 1 is 1.22 bits per heavy atom. The summed E-state index contributed by atoms with van der Waals surface area (Å²) in [5.74, 6) is 0.466. The first kappa shape index (κ1) is 17.0. The minimum atomic E-state index is -0.0719. The zero-order valence-corrected chi connectivity index (χ0v) is 17.1. The predicted octanol–water partition coefficient (Wildman–Crippen LogP) is 5.08. The maximum atomic E-state index is 12.7. The monoisotopic (exact) mass is 415 g/mol. The van der Waals surface area contributed by atoms with E-state index in [0.29, 0.717) is 11.0 Å². The highest BCUT2D eigenvalue weighted by atomic mass is 32.1. The molecule has 0 aliphatic carbocycles. The number of urea groups is 1. The van der Waals surface area contributed by atoms with Gasteiger partial charge < -0.3 is 4.90 Å². The number of fused-ring (bicyclic) bond motifs is 3. The van der Waals surface area contributed by atoms with Gasteiger partial charge in [0.05, 0.1) is 25.4 Å². The number of aromatic nitrogens is 3. The molecule has 6 nitrogen and oxygen atoms in total. The van der Waals surface area contributed by atoms with Crippen LogP contribution in [0.4, 0.5) is 9.93 Å². The Bertz CT molecular complexity index is 1120. The average Bonchev–Trinajstić information content (AvgIpc) is 3.39. The van der Waals surface area contributed by atoms with Crippen LogP contribution in [0.1, 0.15) is 28.6 Å². The van der Waals surface area contributed by atoms with Gasteiger partial charge in [0, 0.05) is 30.1 Å². The Hall–Kier alpha value is -2.10. The normalized spacial score (nSPS) is 15.7. The summed E-state index contributed by atoms with van der Waals surface area (Å²) in [6.45, 7) is 3.58. The van der Waals surface area contributed by atoms with Crippen molar-refractivity contribution in [1.82, 2.24) is 19.9 Å². The smallest absolute Gasteiger partial charge is 0.323 e. The van der Waals surface area contributed by atoms with Gasteiger partial charge in [-0.2, -0.15) is 0 Å². The van der Waals surface area contributed by atoms with Crippen LogP contribution < -0.4 is 5.32 Å². The number of nitrogens with zero attached hydrogens (tertiary/aromatic N) is 4. The number of hydrogen-bond donors (Lipinski definition) is 1. The molecule has 2 amide bonds. The number of hydrogen-bond acceptors (Lipinski definition) is 7. The van der Waals surface area contributed by atoms with Gasteiger partial charge in [-0.05, 0) is 31.9 Å². The average molecular weight is 416 g/mol. The van der Waals surface area contributed by atoms with E-state index in [4.69, 9.17) is 0 Å². The number of piperidine rings is 1.